The molecule has 8 heteroatoms. The molecule has 7 nitrogen and oxygen atoms in total. The van der Waals surface area contributed by atoms with E-state index in [1.165, 1.54) is 31.4 Å². The Morgan fingerprint density at radius 2 is 1.55 bits per heavy atom. The molecule has 3 aromatic carbocycles. The summed E-state index contributed by atoms with van der Waals surface area (Å²) < 4.78 is 32.8. The summed E-state index contributed by atoms with van der Waals surface area (Å²) in [4.78, 5) is 26.4. The number of rotatable bonds is 9. The lowest BCUT2D eigenvalue weighted by Crippen LogP contribution is -2.32. The van der Waals surface area contributed by atoms with Crippen LogP contribution >= 0.6 is 0 Å². The highest BCUT2D eigenvalue weighted by Gasteiger charge is 2.20. The molecule has 172 valence electrons. The number of amides is 1. The summed E-state index contributed by atoms with van der Waals surface area (Å²) in [5, 5.41) is 0. The number of hydrogen-bond acceptors (Lipinski definition) is 5. The zero-order valence-corrected chi connectivity index (χ0v) is 19.3. The van der Waals surface area contributed by atoms with Gasteiger partial charge in [-0.15, -0.1) is 0 Å². The zero-order chi connectivity index (χ0) is 23.8. The number of nitrogens with one attached hydrogen (secondary N) is 1. The number of methoxy groups -OCH3 is 1. The number of anilines is 1. The Balaban J connectivity index is 1.79. The van der Waals surface area contributed by atoms with E-state index in [1.54, 1.807) is 17.0 Å². The molecule has 0 heterocycles. The fraction of sp³-hybridized carbons (Fsp3) is 0.200. The molecule has 0 aliphatic carbocycles. The van der Waals surface area contributed by atoms with E-state index >= 15 is 0 Å². The van der Waals surface area contributed by atoms with Crippen LogP contribution in [0.2, 0.25) is 0 Å². The number of aryl methyl sites for hydroxylation is 1. The first-order valence-corrected chi connectivity index (χ1v) is 11.9. The van der Waals surface area contributed by atoms with Crippen LogP contribution in [0.15, 0.2) is 83.8 Å². The lowest BCUT2D eigenvalue weighted by atomic mass is 10.1. The molecule has 33 heavy (non-hydrogen) atoms. The number of para-hydroxylation sites is 1. The topological polar surface area (TPSA) is 92.8 Å². The van der Waals surface area contributed by atoms with Crippen molar-refractivity contribution in [2.45, 2.75) is 24.8 Å². The average Bonchev–Trinajstić information content (AvgIpc) is 2.83. The SMILES string of the molecule is COC(=O)CCN(Cc1ccccc1)C(=O)c1ccc(S(=O)(=O)Nc2ccccc2C)cc1. The van der Waals surface area contributed by atoms with E-state index in [9.17, 15) is 18.0 Å². The molecule has 3 rings (SSSR count). The zero-order valence-electron chi connectivity index (χ0n) is 18.5. The Morgan fingerprint density at radius 3 is 2.18 bits per heavy atom. The van der Waals surface area contributed by atoms with Crippen molar-refractivity contribution in [3.8, 4) is 0 Å². The molecule has 0 atom stereocenters. The van der Waals surface area contributed by atoms with Crippen LogP contribution in [0.3, 0.4) is 0 Å². The van der Waals surface area contributed by atoms with Crippen LogP contribution in [0.25, 0.3) is 0 Å². The van der Waals surface area contributed by atoms with Gasteiger partial charge in [0.15, 0.2) is 0 Å². The monoisotopic (exact) mass is 466 g/mol. The van der Waals surface area contributed by atoms with Gasteiger partial charge in [0.25, 0.3) is 15.9 Å². The van der Waals surface area contributed by atoms with Crippen LogP contribution in [-0.4, -0.2) is 38.8 Å². The summed E-state index contributed by atoms with van der Waals surface area (Å²) in [6.45, 7) is 2.30. The number of ether oxygens (including phenoxy) is 1. The third-order valence-corrected chi connectivity index (χ3v) is 6.50. The van der Waals surface area contributed by atoms with Gasteiger partial charge in [-0.2, -0.15) is 0 Å². The van der Waals surface area contributed by atoms with Crippen molar-refractivity contribution in [1.29, 1.82) is 0 Å². The van der Waals surface area contributed by atoms with Crippen molar-refractivity contribution in [2.24, 2.45) is 0 Å². The van der Waals surface area contributed by atoms with Gasteiger partial charge in [-0.25, -0.2) is 8.42 Å². The minimum Gasteiger partial charge on any atom is -0.469 e. The first kappa shape index (κ1) is 24.0. The number of carbonyl (C=O) groups excluding carboxylic acids is 2. The standard InChI is InChI=1S/C25H26N2O5S/c1-19-8-6-7-11-23(19)26-33(30,31)22-14-12-21(13-15-22)25(29)27(17-16-24(28)32-2)18-20-9-4-3-5-10-20/h3-15,26H,16-18H2,1-2H3. The summed E-state index contributed by atoms with van der Waals surface area (Å²) in [6, 6.07) is 22.3. The van der Waals surface area contributed by atoms with Gasteiger partial charge < -0.3 is 9.64 Å². The predicted octanol–water partition coefficient (Wildman–Crippen LogP) is 4.00. The van der Waals surface area contributed by atoms with E-state index < -0.39 is 16.0 Å². The summed E-state index contributed by atoms with van der Waals surface area (Å²) >= 11 is 0. The van der Waals surface area contributed by atoms with E-state index in [2.05, 4.69) is 4.72 Å². The molecule has 0 aliphatic heterocycles. The second-order valence-corrected chi connectivity index (χ2v) is 9.17. The smallest absolute Gasteiger partial charge is 0.307 e. The van der Waals surface area contributed by atoms with E-state index in [0.29, 0.717) is 17.8 Å². The molecule has 1 N–H and O–H groups in total. The maximum absolute atomic E-state index is 13.2. The van der Waals surface area contributed by atoms with Crippen molar-refractivity contribution in [3.05, 3.63) is 95.6 Å². The summed E-state index contributed by atoms with van der Waals surface area (Å²) in [5.41, 5.74) is 2.53. The number of carbonyl (C=O) groups is 2. The van der Waals surface area contributed by atoms with E-state index in [0.717, 1.165) is 11.1 Å². The Hall–Kier alpha value is -3.65. The maximum Gasteiger partial charge on any atom is 0.307 e. The molecule has 0 aromatic heterocycles. The van der Waals surface area contributed by atoms with Gasteiger partial charge in [-0.3, -0.25) is 14.3 Å². The Kier molecular flexibility index (Phi) is 7.84. The molecule has 0 bridgehead atoms. The minimum atomic E-state index is -3.81. The van der Waals surface area contributed by atoms with Gasteiger partial charge in [0, 0.05) is 18.7 Å². The van der Waals surface area contributed by atoms with Gasteiger partial charge in [0.1, 0.15) is 0 Å². The number of nitrogens with zero attached hydrogens (tertiary/aromatic N) is 1. The van der Waals surface area contributed by atoms with Crippen LogP contribution in [0.4, 0.5) is 5.69 Å². The Labute approximate surface area is 194 Å². The fourth-order valence-electron chi connectivity index (χ4n) is 3.23. The summed E-state index contributed by atoms with van der Waals surface area (Å²) in [6.07, 6.45) is 0.0574. The van der Waals surface area contributed by atoms with Crippen molar-refractivity contribution < 1.29 is 22.7 Å². The second-order valence-electron chi connectivity index (χ2n) is 7.48. The lowest BCUT2D eigenvalue weighted by Gasteiger charge is -2.23. The first-order chi connectivity index (χ1) is 15.8. The van der Waals surface area contributed by atoms with Gasteiger partial charge in [0.2, 0.25) is 0 Å². The number of sulfonamides is 1. The molecule has 0 spiro atoms. The van der Waals surface area contributed by atoms with Crippen LogP contribution in [-0.2, 0) is 26.1 Å². The third-order valence-electron chi connectivity index (χ3n) is 5.12. The first-order valence-electron chi connectivity index (χ1n) is 10.4. The van der Waals surface area contributed by atoms with Crippen molar-refractivity contribution in [3.63, 3.8) is 0 Å². The highest BCUT2D eigenvalue weighted by molar-refractivity contribution is 7.92. The van der Waals surface area contributed by atoms with Gasteiger partial charge >= 0.3 is 5.97 Å². The van der Waals surface area contributed by atoms with Crippen LogP contribution in [0.5, 0.6) is 0 Å². The molecule has 0 unspecified atom stereocenters. The summed E-state index contributed by atoms with van der Waals surface area (Å²) in [5.74, 6) is -0.719. The highest BCUT2D eigenvalue weighted by Crippen LogP contribution is 2.20. The second kappa shape index (κ2) is 10.8. The van der Waals surface area contributed by atoms with Gasteiger partial charge in [0.05, 0.1) is 24.1 Å². The molecule has 0 aliphatic rings. The molecule has 1 amide bonds. The normalized spacial score (nSPS) is 11.0. The molecule has 0 radical (unpaired) electrons. The van der Waals surface area contributed by atoms with Crippen molar-refractivity contribution >= 4 is 27.6 Å². The van der Waals surface area contributed by atoms with E-state index in [-0.39, 0.29) is 23.8 Å². The van der Waals surface area contributed by atoms with Gasteiger partial charge in [-0.05, 0) is 48.4 Å². The van der Waals surface area contributed by atoms with Crippen LogP contribution in [0.1, 0.15) is 27.9 Å². The number of esters is 1. The molecule has 0 saturated carbocycles. The van der Waals surface area contributed by atoms with Gasteiger partial charge in [-0.1, -0.05) is 48.5 Å². The predicted molar refractivity (Wildman–Crippen MR) is 126 cm³/mol. The highest BCUT2D eigenvalue weighted by atomic mass is 32.2. The van der Waals surface area contributed by atoms with Crippen LogP contribution < -0.4 is 4.72 Å². The maximum atomic E-state index is 13.2. The largest absolute Gasteiger partial charge is 0.469 e. The molecular weight excluding hydrogens is 440 g/mol. The third kappa shape index (κ3) is 6.43. The number of hydrogen-bond donors (Lipinski definition) is 1. The molecule has 3 aromatic rings. The molecular formula is C25H26N2O5S. The average molecular weight is 467 g/mol. The van der Waals surface area contributed by atoms with Crippen LogP contribution in [0, 0.1) is 6.92 Å². The Bertz CT molecular complexity index is 1210. The molecule has 0 fully saturated rings. The van der Waals surface area contributed by atoms with Crippen molar-refractivity contribution in [1.82, 2.24) is 4.90 Å². The quantitative estimate of drug-likeness (QED) is 0.481. The van der Waals surface area contributed by atoms with E-state index in [1.807, 2.05) is 49.4 Å². The summed E-state index contributed by atoms with van der Waals surface area (Å²) in [7, 11) is -2.51. The van der Waals surface area contributed by atoms with E-state index in [4.69, 9.17) is 4.74 Å². The fourth-order valence-corrected chi connectivity index (χ4v) is 4.37. The Morgan fingerprint density at radius 1 is 0.909 bits per heavy atom. The number of benzene rings is 3. The molecule has 0 saturated heterocycles. The lowest BCUT2D eigenvalue weighted by molar-refractivity contribution is -0.140. The minimum absolute atomic E-state index is 0.0477. The van der Waals surface area contributed by atoms with Crippen molar-refractivity contribution in [2.75, 3.05) is 18.4 Å².